The predicted molar refractivity (Wildman–Crippen MR) is 172 cm³/mol. The lowest BCUT2D eigenvalue weighted by molar-refractivity contribution is 0.262. The molecule has 3 heterocycles. The van der Waals surface area contributed by atoms with Gasteiger partial charge in [-0.2, -0.15) is 0 Å². The summed E-state index contributed by atoms with van der Waals surface area (Å²) < 4.78 is 36.3. The van der Waals surface area contributed by atoms with Crippen molar-refractivity contribution in [2.75, 3.05) is 29.2 Å². The molecule has 1 aliphatic heterocycles. The molecule has 0 unspecified atom stereocenters. The Morgan fingerprint density at radius 3 is 2.55 bits per heavy atom. The first-order valence-corrected chi connectivity index (χ1v) is 15.3. The molecule has 8 nitrogen and oxygen atoms in total. The highest BCUT2D eigenvalue weighted by molar-refractivity contribution is 7.22. The van der Waals surface area contributed by atoms with Gasteiger partial charge >= 0.3 is 6.03 Å². The number of aromatic hydroxyl groups is 1. The number of hydrogen-bond acceptors (Lipinski definition) is 8. The van der Waals surface area contributed by atoms with Gasteiger partial charge in [0.25, 0.3) is 0 Å². The largest absolute Gasteiger partial charge is 0.506 e. The van der Waals surface area contributed by atoms with Crippen LogP contribution < -0.4 is 20.3 Å². The molecular formula is C32H25F2N5O3S2. The number of carbonyl (C=O) groups is 1. The van der Waals surface area contributed by atoms with E-state index in [-0.39, 0.29) is 11.3 Å². The molecule has 2 aromatic heterocycles. The fraction of sp³-hybridized carbons (Fsp3) is 0.156. The van der Waals surface area contributed by atoms with Crippen LogP contribution in [0.4, 0.5) is 35.8 Å². The van der Waals surface area contributed by atoms with Crippen molar-refractivity contribution in [1.82, 2.24) is 9.97 Å². The van der Waals surface area contributed by atoms with Gasteiger partial charge in [0, 0.05) is 23.6 Å². The highest BCUT2D eigenvalue weighted by atomic mass is 32.1. The molecule has 0 radical (unpaired) electrons. The summed E-state index contributed by atoms with van der Waals surface area (Å²) in [5.74, 6) is -0.548. The van der Waals surface area contributed by atoms with Gasteiger partial charge in [0.1, 0.15) is 28.1 Å². The van der Waals surface area contributed by atoms with Crippen molar-refractivity contribution in [3.63, 3.8) is 0 Å². The van der Waals surface area contributed by atoms with E-state index in [0.29, 0.717) is 55.3 Å². The Kier molecular flexibility index (Phi) is 6.63. The molecular weight excluding hydrogens is 605 g/mol. The van der Waals surface area contributed by atoms with E-state index in [4.69, 9.17) is 4.74 Å². The number of nitrogens with one attached hydrogen (secondary N) is 2. The molecule has 222 valence electrons. The maximum atomic E-state index is 15.7. The molecule has 4 aromatic carbocycles. The summed E-state index contributed by atoms with van der Waals surface area (Å²) in [6, 6.07) is 17.6. The second-order valence-corrected chi connectivity index (χ2v) is 13.1. The topological polar surface area (TPSA) is 99.6 Å². The summed E-state index contributed by atoms with van der Waals surface area (Å²) >= 11 is 2.52. The zero-order valence-corrected chi connectivity index (χ0v) is 25.4. The second-order valence-electron chi connectivity index (χ2n) is 11.0. The van der Waals surface area contributed by atoms with E-state index in [2.05, 4.69) is 20.6 Å². The summed E-state index contributed by atoms with van der Waals surface area (Å²) in [7, 11) is 1.59. The van der Waals surface area contributed by atoms with E-state index >= 15 is 4.39 Å². The van der Waals surface area contributed by atoms with Gasteiger partial charge in [0.2, 0.25) is 0 Å². The number of carbonyl (C=O) groups excluding carboxylic acids is 1. The summed E-state index contributed by atoms with van der Waals surface area (Å²) in [5.41, 5.74) is 3.03. The second kappa shape index (κ2) is 10.4. The first-order chi connectivity index (χ1) is 21.1. The average molecular weight is 630 g/mol. The Labute approximate surface area is 258 Å². The van der Waals surface area contributed by atoms with E-state index in [0.717, 1.165) is 16.3 Å². The predicted octanol–water partition coefficient (Wildman–Crippen LogP) is 8.64. The van der Waals surface area contributed by atoms with Crippen molar-refractivity contribution in [3.8, 4) is 22.1 Å². The molecule has 2 amide bonds. The molecule has 1 aliphatic rings. The lowest BCUT2D eigenvalue weighted by atomic mass is 9.83. The van der Waals surface area contributed by atoms with Crippen LogP contribution >= 0.6 is 22.7 Å². The molecule has 6 aromatic rings. The Morgan fingerprint density at radius 2 is 1.73 bits per heavy atom. The van der Waals surface area contributed by atoms with Crippen LogP contribution in [0.3, 0.4) is 0 Å². The third kappa shape index (κ3) is 4.76. The van der Waals surface area contributed by atoms with Gasteiger partial charge in [-0.25, -0.2) is 23.5 Å². The highest BCUT2D eigenvalue weighted by Crippen LogP contribution is 2.55. The van der Waals surface area contributed by atoms with E-state index in [1.54, 1.807) is 31.4 Å². The maximum absolute atomic E-state index is 15.7. The average Bonchev–Trinajstić information content (AvgIpc) is 3.65. The molecule has 7 rings (SSSR count). The van der Waals surface area contributed by atoms with Crippen molar-refractivity contribution in [1.29, 1.82) is 0 Å². The summed E-state index contributed by atoms with van der Waals surface area (Å²) in [4.78, 5) is 24.1. The lowest BCUT2D eigenvalue weighted by Gasteiger charge is -2.25. The molecule has 0 atom stereocenters. The number of anilines is 4. The summed E-state index contributed by atoms with van der Waals surface area (Å²) in [6.45, 7) is 4.31. The third-order valence-corrected chi connectivity index (χ3v) is 9.52. The van der Waals surface area contributed by atoms with Crippen LogP contribution in [0.1, 0.15) is 19.4 Å². The van der Waals surface area contributed by atoms with Crippen molar-refractivity contribution < 1.29 is 23.4 Å². The standard InChI is InChI=1S/C32H25F2N5O3S2/c1-32(2)15-39(28-23(40)14-18(34)26(27(28)32)29-35-20-10-8-16(33)12-24(20)43-29)22-7-5-4-6-19(22)36-30(41)38-31-37-21-11-9-17(42-3)13-25(21)44-31/h4-14,40H,15H2,1-3H3,(H2,36,37,38,41). The first-order valence-electron chi connectivity index (χ1n) is 13.6. The fourth-order valence-electron chi connectivity index (χ4n) is 5.68. The molecule has 0 saturated heterocycles. The highest BCUT2D eigenvalue weighted by Gasteiger charge is 2.42. The first kappa shape index (κ1) is 28.0. The monoisotopic (exact) mass is 629 g/mol. The number of phenolic OH excluding ortho intramolecular Hbond substituents is 1. The minimum absolute atomic E-state index is 0.233. The summed E-state index contributed by atoms with van der Waals surface area (Å²) in [6.07, 6.45) is 0. The number of fused-ring (bicyclic) bond motifs is 3. The number of para-hydroxylation sites is 2. The molecule has 0 spiro atoms. The van der Waals surface area contributed by atoms with Crippen LogP contribution in [-0.2, 0) is 5.41 Å². The van der Waals surface area contributed by atoms with Crippen LogP contribution in [0.5, 0.6) is 11.5 Å². The number of ether oxygens (including phenoxy) is 1. The van der Waals surface area contributed by atoms with Gasteiger partial charge in [-0.15, -0.1) is 11.3 Å². The van der Waals surface area contributed by atoms with Crippen molar-refractivity contribution in [2.24, 2.45) is 0 Å². The number of amides is 2. The molecule has 3 N–H and O–H groups in total. The summed E-state index contributed by atoms with van der Waals surface area (Å²) in [5, 5.41) is 17.7. The van der Waals surface area contributed by atoms with E-state index < -0.39 is 23.1 Å². The van der Waals surface area contributed by atoms with Gasteiger partial charge in [-0.05, 0) is 48.5 Å². The minimum atomic E-state index is -0.634. The number of urea groups is 1. The number of methoxy groups -OCH3 is 1. The number of halogens is 2. The smallest absolute Gasteiger partial charge is 0.325 e. The van der Waals surface area contributed by atoms with Crippen molar-refractivity contribution >= 4 is 71.3 Å². The zero-order chi connectivity index (χ0) is 30.7. The number of thiazole rings is 2. The Hall–Kier alpha value is -4.81. The Bertz CT molecular complexity index is 2110. The minimum Gasteiger partial charge on any atom is -0.506 e. The van der Waals surface area contributed by atoms with Gasteiger partial charge in [0.05, 0.1) is 50.2 Å². The van der Waals surface area contributed by atoms with Crippen LogP contribution in [0.25, 0.3) is 31.0 Å². The van der Waals surface area contributed by atoms with Gasteiger partial charge in [-0.1, -0.05) is 37.3 Å². The van der Waals surface area contributed by atoms with Crippen LogP contribution in [-0.4, -0.2) is 34.8 Å². The number of hydrogen-bond donors (Lipinski definition) is 3. The zero-order valence-electron chi connectivity index (χ0n) is 23.7. The number of nitrogens with zero attached hydrogens (tertiary/aromatic N) is 3. The van der Waals surface area contributed by atoms with E-state index in [9.17, 15) is 14.3 Å². The van der Waals surface area contributed by atoms with Crippen molar-refractivity contribution in [3.05, 3.63) is 83.9 Å². The number of rotatable bonds is 5. The van der Waals surface area contributed by atoms with Gasteiger partial charge in [-0.3, -0.25) is 5.32 Å². The van der Waals surface area contributed by atoms with Crippen LogP contribution in [0, 0.1) is 11.6 Å². The lowest BCUT2D eigenvalue weighted by Crippen LogP contribution is -2.27. The normalized spacial score (nSPS) is 13.8. The van der Waals surface area contributed by atoms with Crippen LogP contribution in [0.2, 0.25) is 0 Å². The van der Waals surface area contributed by atoms with Crippen LogP contribution in [0.15, 0.2) is 66.7 Å². The molecule has 0 saturated carbocycles. The fourth-order valence-corrected chi connectivity index (χ4v) is 7.62. The SMILES string of the molecule is COc1ccc2nc(NC(=O)Nc3ccccc3N3CC(C)(C)c4c(-c5nc6ccc(F)cc6s5)c(F)cc(O)c43)sc2c1. The number of phenols is 1. The number of benzene rings is 4. The van der Waals surface area contributed by atoms with E-state index in [1.807, 2.05) is 43.0 Å². The molecule has 0 bridgehead atoms. The molecule has 0 aliphatic carbocycles. The molecule has 44 heavy (non-hydrogen) atoms. The Morgan fingerprint density at radius 1 is 0.977 bits per heavy atom. The van der Waals surface area contributed by atoms with Gasteiger partial charge in [0.15, 0.2) is 5.13 Å². The quantitative estimate of drug-likeness (QED) is 0.177. The third-order valence-electron chi connectivity index (χ3n) is 7.56. The van der Waals surface area contributed by atoms with E-state index in [1.165, 1.54) is 34.8 Å². The van der Waals surface area contributed by atoms with Gasteiger partial charge < -0.3 is 20.1 Å². The number of aromatic nitrogens is 2. The van der Waals surface area contributed by atoms with Crippen molar-refractivity contribution in [2.45, 2.75) is 19.3 Å². The molecule has 0 fully saturated rings. The molecule has 12 heteroatoms. The Balaban J connectivity index is 1.25. The maximum Gasteiger partial charge on any atom is 0.325 e.